The van der Waals surface area contributed by atoms with Gasteiger partial charge in [-0.1, -0.05) is 12.1 Å². The number of rotatable bonds is 5. The van der Waals surface area contributed by atoms with Crippen LogP contribution in [0.1, 0.15) is 27.2 Å². The number of furan rings is 1. The van der Waals surface area contributed by atoms with E-state index in [-0.39, 0.29) is 10.8 Å². The van der Waals surface area contributed by atoms with E-state index in [1.165, 1.54) is 12.1 Å². The van der Waals surface area contributed by atoms with Crippen molar-refractivity contribution in [1.29, 1.82) is 0 Å². The van der Waals surface area contributed by atoms with Crippen molar-refractivity contribution in [2.75, 3.05) is 6.54 Å². The van der Waals surface area contributed by atoms with Crippen LogP contribution >= 0.6 is 0 Å². The van der Waals surface area contributed by atoms with Crippen LogP contribution in [0.5, 0.6) is 0 Å². The molecule has 118 valence electrons. The Morgan fingerprint density at radius 1 is 1.23 bits per heavy atom. The Hall–Kier alpha value is -2.12. The van der Waals surface area contributed by atoms with Crippen LogP contribution in [0.25, 0.3) is 0 Å². The lowest BCUT2D eigenvalue weighted by atomic mass is 10.1. The van der Waals surface area contributed by atoms with Crippen molar-refractivity contribution >= 4 is 15.9 Å². The molecular weight excluding hydrogens is 304 g/mol. The second-order valence-electron chi connectivity index (χ2n) is 5.04. The number of hydrogen-bond acceptors (Lipinski definition) is 4. The monoisotopic (exact) mass is 322 g/mol. The van der Waals surface area contributed by atoms with Crippen LogP contribution in [-0.4, -0.2) is 20.9 Å². The number of aryl methyl sites for hydroxylation is 2. The van der Waals surface area contributed by atoms with Gasteiger partial charge in [0, 0.05) is 12.1 Å². The largest absolute Gasteiger partial charge is 0.469 e. The van der Waals surface area contributed by atoms with Gasteiger partial charge < -0.3 is 9.73 Å². The topological polar surface area (TPSA) is 102 Å². The molecule has 0 saturated heterocycles. The third-order valence-electron chi connectivity index (χ3n) is 3.34. The van der Waals surface area contributed by atoms with E-state index in [0.717, 1.165) is 11.1 Å². The maximum Gasteiger partial charge on any atom is 0.255 e. The van der Waals surface area contributed by atoms with Crippen LogP contribution < -0.4 is 10.5 Å². The van der Waals surface area contributed by atoms with Gasteiger partial charge in [0.15, 0.2) is 0 Å². The van der Waals surface area contributed by atoms with Gasteiger partial charge in [-0.3, -0.25) is 4.79 Å². The first kappa shape index (κ1) is 16.3. The van der Waals surface area contributed by atoms with Gasteiger partial charge >= 0.3 is 0 Å². The number of carbonyl (C=O) groups is 1. The first-order chi connectivity index (χ1) is 10.3. The first-order valence-corrected chi connectivity index (χ1v) is 8.28. The predicted octanol–water partition coefficient (Wildman–Crippen LogP) is 1.52. The Morgan fingerprint density at radius 2 is 1.86 bits per heavy atom. The van der Waals surface area contributed by atoms with E-state index in [2.05, 4.69) is 5.32 Å². The Kier molecular flexibility index (Phi) is 4.68. The highest BCUT2D eigenvalue weighted by Gasteiger charge is 2.15. The fourth-order valence-electron chi connectivity index (χ4n) is 2.17. The smallest absolute Gasteiger partial charge is 0.255 e. The molecule has 6 nitrogen and oxygen atoms in total. The zero-order chi connectivity index (χ0) is 16.3. The molecule has 2 aromatic rings. The van der Waals surface area contributed by atoms with Gasteiger partial charge in [0.2, 0.25) is 10.0 Å². The predicted molar refractivity (Wildman–Crippen MR) is 82.0 cm³/mol. The SMILES string of the molecule is Cc1coc(C)c1C(=O)NCCc1ccc(S(N)(=O)=O)cc1. The molecule has 0 aliphatic rings. The van der Waals surface area contributed by atoms with E-state index in [4.69, 9.17) is 9.56 Å². The molecule has 1 aromatic heterocycles. The standard InChI is InChI=1S/C15H18N2O4S/c1-10-9-21-11(2)14(10)15(18)17-8-7-12-3-5-13(6-4-12)22(16,19)20/h3-6,9H,7-8H2,1-2H3,(H,17,18)(H2,16,19,20). The minimum Gasteiger partial charge on any atom is -0.469 e. The summed E-state index contributed by atoms with van der Waals surface area (Å²) in [6.07, 6.45) is 2.14. The van der Waals surface area contributed by atoms with Crippen molar-refractivity contribution in [3.05, 3.63) is 53.0 Å². The van der Waals surface area contributed by atoms with E-state index >= 15 is 0 Å². The maximum atomic E-state index is 12.1. The molecule has 0 atom stereocenters. The number of hydrogen-bond donors (Lipinski definition) is 2. The molecule has 0 fully saturated rings. The van der Waals surface area contributed by atoms with Gasteiger partial charge in [-0.05, 0) is 38.0 Å². The third-order valence-corrected chi connectivity index (χ3v) is 4.27. The van der Waals surface area contributed by atoms with Gasteiger partial charge in [-0.2, -0.15) is 0 Å². The summed E-state index contributed by atoms with van der Waals surface area (Å²) in [4.78, 5) is 12.1. The highest BCUT2D eigenvalue weighted by atomic mass is 32.2. The highest BCUT2D eigenvalue weighted by molar-refractivity contribution is 7.89. The zero-order valence-corrected chi connectivity index (χ0v) is 13.2. The van der Waals surface area contributed by atoms with E-state index in [9.17, 15) is 13.2 Å². The molecule has 1 heterocycles. The van der Waals surface area contributed by atoms with Crippen molar-refractivity contribution in [1.82, 2.24) is 5.32 Å². The number of amides is 1. The average Bonchev–Trinajstić information content (AvgIpc) is 2.77. The van der Waals surface area contributed by atoms with Crippen molar-refractivity contribution in [3.63, 3.8) is 0 Å². The summed E-state index contributed by atoms with van der Waals surface area (Å²) in [5.74, 6) is 0.414. The summed E-state index contributed by atoms with van der Waals surface area (Å²) in [7, 11) is -3.67. The summed E-state index contributed by atoms with van der Waals surface area (Å²) in [5.41, 5.74) is 2.27. The lowest BCUT2D eigenvalue weighted by Gasteiger charge is -2.06. The summed E-state index contributed by atoms with van der Waals surface area (Å²) in [6, 6.07) is 6.27. The Morgan fingerprint density at radius 3 is 2.36 bits per heavy atom. The molecular formula is C15H18N2O4S. The molecule has 2 rings (SSSR count). The van der Waals surface area contributed by atoms with Gasteiger partial charge in [-0.15, -0.1) is 0 Å². The van der Waals surface area contributed by atoms with Gasteiger partial charge in [0.1, 0.15) is 5.76 Å². The van der Waals surface area contributed by atoms with Crippen molar-refractivity contribution in [3.8, 4) is 0 Å². The second kappa shape index (κ2) is 6.33. The van der Waals surface area contributed by atoms with Crippen LogP contribution in [-0.2, 0) is 16.4 Å². The summed E-state index contributed by atoms with van der Waals surface area (Å²) in [5, 5.41) is 7.85. The van der Waals surface area contributed by atoms with E-state index in [0.29, 0.717) is 24.3 Å². The lowest BCUT2D eigenvalue weighted by molar-refractivity contribution is 0.0952. The number of carbonyl (C=O) groups excluding carboxylic acids is 1. The minimum atomic E-state index is -3.67. The Labute approximate surface area is 129 Å². The fraction of sp³-hybridized carbons (Fsp3) is 0.267. The number of nitrogens with one attached hydrogen (secondary N) is 1. The molecule has 3 N–H and O–H groups in total. The number of sulfonamides is 1. The Balaban J connectivity index is 1.93. The number of benzene rings is 1. The third kappa shape index (κ3) is 3.75. The quantitative estimate of drug-likeness (QED) is 0.871. The van der Waals surface area contributed by atoms with Gasteiger partial charge in [0.25, 0.3) is 5.91 Å². The summed E-state index contributed by atoms with van der Waals surface area (Å²) in [6.45, 7) is 4.00. The normalized spacial score (nSPS) is 11.4. The molecule has 7 heteroatoms. The highest BCUT2D eigenvalue weighted by Crippen LogP contribution is 2.15. The molecule has 0 unspecified atom stereocenters. The lowest BCUT2D eigenvalue weighted by Crippen LogP contribution is -2.26. The second-order valence-corrected chi connectivity index (χ2v) is 6.61. The van der Waals surface area contributed by atoms with Crippen molar-refractivity contribution < 1.29 is 17.6 Å². The summed E-state index contributed by atoms with van der Waals surface area (Å²) < 4.78 is 27.5. The zero-order valence-electron chi connectivity index (χ0n) is 12.4. The molecule has 1 aromatic carbocycles. The van der Waals surface area contributed by atoms with Crippen LogP contribution in [0.3, 0.4) is 0 Å². The number of primary sulfonamides is 1. The van der Waals surface area contributed by atoms with Crippen molar-refractivity contribution in [2.24, 2.45) is 5.14 Å². The van der Waals surface area contributed by atoms with Crippen LogP contribution in [0, 0.1) is 13.8 Å². The molecule has 0 radical (unpaired) electrons. The Bertz CT molecular complexity index is 757. The molecule has 0 saturated carbocycles. The van der Waals surface area contributed by atoms with Crippen LogP contribution in [0.2, 0.25) is 0 Å². The first-order valence-electron chi connectivity index (χ1n) is 6.73. The number of nitrogens with two attached hydrogens (primary N) is 1. The molecule has 0 spiro atoms. The summed E-state index contributed by atoms with van der Waals surface area (Å²) >= 11 is 0. The van der Waals surface area contributed by atoms with Crippen LogP contribution in [0.4, 0.5) is 0 Å². The van der Waals surface area contributed by atoms with Crippen molar-refractivity contribution in [2.45, 2.75) is 25.2 Å². The van der Waals surface area contributed by atoms with Crippen LogP contribution in [0.15, 0.2) is 39.8 Å². The maximum absolute atomic E-state index is 12.1. The molecule has 0 bridgehead atoms. The molecule has 1 amide bonds. The molecule has 0 aliphatic carbocycles. The van der Waals surface area contributed by atoms with Gasteiger partial charge in [-0.25, -0.2) is 13.6 Å². The molecule has 22 heavy (non-hydrogen) atoms. The molecule has 0 aliphatic heterocycles. The van der Waals surface area contributed by atoms with Gasteiger partial charge in [0.05, 0.1) is 16.7 Å². The fourth-order valence-corrected chi connectivity index (χ4v) is 2.68. The van der Waals surface area contributed by atoms with E-state index in [1.54, 1.807) is 25.3 Å². The average molecular weight is 322 g/mol. The van der Waals surface area contributed by atoms with E-state index in [1.807, 2.05) is 6.92 Å². The van der Waals surface area contributed by atoms with E-state index < -0.39 is 10.0 Å². The minimum absolute atomic E-state index is 0.0740.